The average Bonchev–Trinajstić information content (AvgIpc) is 4.16. The van der Waals surface area contributed by atoms with Gasteiger partial charge in [0, 0.05) is 32.9 Å². The minimum atomic E-state index is 0.0806. The van der Waals surface area contributed by atoms with E-state index < -0.39 is 0 Å². The van der Waals surface area contributed by atoms with Gasteiger partial charge >= 0.3 is 0 Å². The lowest BCUT2D eigenvalue weighted by Crippen LogP contribution is -2.58. The van der Waals surface area contributed by atoms with Crippen LogP contribution in [-0.4, -0.2) is 22.6 Å². The Morgan fingerprint density at radius 2 is 0.643 bits per heavy atom. The molecule has 0 saturated heterocycles. The van der Waals surface area contributed by atoms with Crippen LogP contribution in [0.5, 0.6) is 0 Å². The predicted molar refractivity (Wildman–Crippen MR) is 297 cm³/mol. The molecule has 0 aliphatic carbocycles. The molecule has 0 fully saturated rings. The summed E-state index contributed by atoms with van der Waals surface area (Å²) in [6.45, 7) is 0.161. The fourth-order valence-corrected chi connectivity index (χ4v) is 13.7. The molecular formula is C66H38B2N2. The molecule has 0 amide bonds. The number of nitrogens with zero attached hydrogens (tertiary/aromatic N) is 2. The van der Waals surface area contributed by atoms with Crippen LogP contribution in [0.25, 0.3) is 122 Å². The molecule has 4 heteroatoms. The lowest BCUT2D eigenvalue weighted by Gasteiger charge is -2.31. The Bertz CT molecular complexity index is 4170. The monoisotopic (exact) mass is 880 g/mol. The molecule has 0 atom stereocenters. The van der Waals surface area contributed by atoms with Crippen LogP contribution < -0.4 is 32.8 Å². The van der Waals surface area contributed by atoms with E-state index in [0.717, 1.165) is 0 Å². The van der Waals surface area contributed by atoms with E-state index in [9.17, 15) is 0 Å². The van der Waals surface area contributed by atoms with E-state index in [4.69, 9.17) is 0 Å². The lowest BCUT2D eigenvalue weighted by molar-refractivity contribution is 1.15. The summed E-state index contributed by atoms with van der Waals surface area (Å²) in [6, 6.07) is 87.2. The molecule has 4 aliphatic rings. The molecule has 0 bridgehead atoms. The van der Waals surface area contributed by atoms with Crippen LogP contribution in [0, 0.1) is 0 Å². The van der Waals surface area contributed by atoms with Crippen LogP contribution in [0.1, 0.15) is 0 Å². The Balaban J connectivity index is 1.05. The molecule has 0 saturated carbocycles. The summed E-state index contributed by atoms with van der Waals surface area (Å²) < 4.78 is 5.34. The fourth-order valence-electron chi connectivity index (χ4n) is 13.7. The van der Waals surface area contributed by atoms with Crippen molar-refractivity contribution in [3.8, 4) is 78.1 Å². The Hall–Kier alpha value is -8.85. The first kappa shape index (κ1) is 37.2. The van der Waals surface area contributed by atoms with Crippen LogP contribution in [-0.2, 0) is 0 Å². The van der Waals surface area contributed by atoms with Gasteiger partial charge in [0.25, 0.3) is 0 Å². The fraction of sp³-hybridized carbons (Fsp3) is 0. The molecule has 4 aliphatic heterocycles. The minimum Gasteiger partial charge on any atom is -0.310 e. The first-order valence-electron chi connectivity index (χ1n) is 24.7. The van der Waals surface area contributed by atoms with E-state index in [1.54, 1.807) is 0 Å². The topological polar surface area (TPSA) is 9.86 Å². The molecule has 2 nitrogen and oxygen atoms in total. The van der Waals surface area contributed by atoms with Crippen molar-refractivity contribution in [3.05, 3.63) is 231 Å². The lowest BCUT2D eigenvalue weighted by atomic mass is 9.34. The van der Waals surface area contributed by atoms with Crippen molar-refractivity contribution in [2.24, 2.45) is 0 Å². The molecule has 70 heavy (non-hydrogen) atoms. The van der Waals surface area contributed by atoms with Gasteiger partial charge in [-0.2, -0.15) is 0 Å². The maximum absolute atomic E-state index is 2.67. The van der Waals surface area contributed by atoms with Crippen LogP contribution in [0.3, 0.4) is 0 Å². The number of hydrogen-bond acceptors (Lipinski definition) is 0. The summed E-state index contributed by atoms with van der Waals surface area (Å²) in [6.07, 6.45) is 0. The second kappa shape index (κ2) is 13.4. The smallest absolute Gasteiger partial charge is 0.248 e. The quantitative estimate of drug-likeness (QED) is 0.156. The van der Waals surface area contributed by atoms with Gasteiger partial charge in [-0.25, -0.2) is 0 Å². The molecule has 0 spiro atoms. The van der Waals surface area contributed by atoms with E-state index in [1.807, 2.05) is 0 Å². The highest BCUT2D eigenvalue weighted by atomic mass is 15.0. The highest BCUT2D eigenvalue weighted by molar-refractivity contribution is 7.04. The Labute approximate surface area is 405 Å². The van der Waals surface area contributed by atoms with E-state index in [0.29, 0.717) is 0 Å². The summed E-state index contributed by atoms with van der Waals surface area (Å²) in [5.74, 6) is 0. The van der Waals surface area contributed by atoms with Crippen molar-refractivity contribution in [2.45, 2.75) is 0 Å². The largest absolute Gasteiger partial charge is 0.310 e. The zero-order valence-corrected chi connectivity index (χ0v) is 38.0. The highest BCUT2D eigenvalue weighted by Gasteiger charge is 2.46. The van der Waals surface area contributed by atoms with Gasteiger partial charge in [0.1, 0.15) is 0 Å². The SMILES string of the molecule is c1ccc(-c2ccc3c(c2)c2c(-c4ccccc4)cc4c5c2n3-c2cc3c(cc2B5c2ccccc2-4)B2c4ccccc4-c4cc(-c5ccccc5)c5c6cc(-c7ccccc7)ccc6n-3c5c42)cc1. The Morgan fingerprint density at radius 3 is 1.07 bits per heavy atom. The zero-order chi connectivity index (χ0) is 45.3. The number of hydrogen-bond donors (Lipinski definition) is 0. The van der Waals surface area contributed by atoms with Gasteiger partial charge in [-0.3, -0.25) is 0 Å². The molecule has 17 rings (SSSR count). The van der Waals surface area contributed by atoms with Gasteiger partial charge in [-0.15, -0.1) is 0 Å². The molecule has 318 valence electrons. The Morgan fingerprint density at radius 1 is 0.257 bits per heavy atom. The van der Waals surface area contributed by atoms with Gasteiger partial charge in [-0.1, -0.05) is 199 Å². The second-order valence-electron chi connectivity index (χ2n) is 19.8. The maximum atomic E-state index is 2.67. The second-order valence-corrected chi connectivity index (χ2v) is 19.8. The van der Waals surface area contributed by atoms with Crippen LogP contribution in [0.2, 0.25) is 0 Å². The molecular weight excluding hydrogens is 842 g/mol. The van der Waals surface area contributed by atoms with Crippen molar-refractivity contribution in [2.75, 3.05) is 0 Å². The standard InChI is InChI=1S/C66H38B2N2/c1-5-17-39(18-6-1)43-29-31-57-51(33-43)61-47(41-21-9-3-10-22-41)35-49-45-25-13-15-27-53(45)67-55-37-56-60(38-59(55)69(57)65(61)63(49)67)70-58-32-30-44(40-19-7-2-8-20-40)34-52(58)62-48(42-23-11-4-12-24-42)36-50-46-26-14-16-28-54(46)68(56)64(50)66(62)70/h1-38H. The first-order chi connectivity index (χ1) is 34.8. The molecule has 13 aromatic rings. The van der Waals surface area contributed by atoms with E-state index in [-0.39, 0.29) is 13.4 Å². The maximum Gasteiger partial charge on any atom is 0.248 e. The van der Waals surface area contributed by atoms with Gasteiger partial charge in [0.2, 0.25) is 13.4 Å². The van der Waals surface area contributed by atoms with Crippen LogP contribution >= 0.6 is 0 Å². The molecule has 2 aromatic heterocycles. The van der Waals surface area contributed by atoms with Gasteiger partial charge in [-0.05, 0) is 131 Å². The number of benzene rings is 11. The summed E-state index contributed by atoms with van der Waals surface area (Å²) in [7, 11) is 0. The average molecular weight is 881 g/mol. The number of fused-ring (bicyclic) bond motifs is 18. The van der Waals surface area contributed by atoms with Gasteiger partial charge in [0.05, 0.1) is 22.1 Å². The van der Waals surface area contributed by atoms with Crippen LogP contribution in [0.15, 0.2) is 231 Å². The molecule has 0 radical (unpaired) electrons. The van der Waals surface area contributed by atoms with E-state index >= 15 is 0 Å². The first-order valence-corrected chi connectivity index (χ1v) is 24.7. The Kier molecular flexibility index (Phi) is 7.13. The zero-order valence-electron chi connectivity index (χ0n) is 38.0. The highest BCUT2D eigenvalue weighted by Crippen LogP contribution is 2.48. The summed E-state index contributed by atoms with van der Waals surface area (Å²) in [5, 5.41) is 5.22. The normalized spacial score (nSPS) is 13.1. The van der Waals surface area contributed by atoms with Gasteiger partial charge in [0.15, 0.2) is 0 Å². The molecule has 0 unspecified atom stereocenters. The van der Waals surface area contributed by atoms with E-state index in [1.165, 1.54) is 155 Å². The van der Waals surface area contributed by atoms with E-state index in [2.05, 4.69) is 240 Å². The molecule has 6 heterocycles. The third-order valence-corrected chi connectivity index (χ3v) is 16.5. The third kappa shape index (κ3) is 4.66. The van der Waals surface area contributed by atoms with Crippen molar-refractivity contribution in [1.29, 1.82) is 0 Å². The molecule has 11 aromatic carbocycles. The van der Waals surface area contributed by atoms with Crippen molar-refractivity contribution in [3.63, 3.8) is 0 Å². The molecule has 0 N–H and O–H groups in total. The summed E-state index contributed by atoms with van der Waals surface area (Å²) in [5.41, 5.74) is 31.4. The van der Waals surface area contributed by atoms with Crippen molar-refractivity contribution >= 4 is 89.8 Å². The summed E-state index contributed by atoms with van der Waals surface area (Å²) in [4.78, 5) is 0. The van der Waals surface area contributed by atoms with Gasteiger partial charge < -0.3 is 9.13 Å². The van der Waals surface area contributed by atoms with Crippen molar-refractivity contribution in [1.82, 2.24) is 9.13 Å². The third-order valence-electron chi connectivity index (χ3n) is 16.5. The number of aromatic nitrogens is 2. The minimum absolute atomic E-state index is 0.0806. The van der Waals surface area contributed by atoms with Crippen LogP contribution in [0.4, 0.5) is 0 Å². The summed E-state index contributed by atoms with van der Waals surface area (Å²) >= 11 is 0. The number of rotatable bonds is 4. The predicted octanol–water partition coefficient (Wildman–Crippen LogP) is 12.2. The van der Waals surface area contributed by atoms with Crippen molar-refractivity contribution < 1.29 is 0 Å².